The third-order valence-electron chi connectivity index (χ3n) is 3.79. The molecule has 0 atom stereocenters. The first kappa shape index (κ1) is 16.3. The molecule has 0 unspecified atom stereocenters. The summed E-state index contributed by atoms with van der Waals surface area (Å²) in [5.41, 5.74) is 3.02. The molecule has 0 saturated carbocycles. The summed E-state index contributed by atoms with van der Waals surface area (Å²) in [6.07, 6.45) is 2.44. The van der Waals surface area contributed by atoms with Crippen LogP contribution in [-0.2, 0) is 0 Å². The van der Waals surface area contributed by atoms with E-state index in [0.29, 0.717) is 13.2 Å². The van der Waals surface area contributed by atoms with E-state index in [2.05, 4.69) is 34.3 Å². The average molecular weight is 344 g/mol. The van der Waals surface area contributed by atoms with Gasteiger partial charge >= 0.3 is 0 Å². The van der Waals surface area contributed by atoms with E-state index in [9.17, 15) is 0 Å². The number of nitrogens with one attached hydrogen (secondary N) is 1. The molecule has 6 heteroatoms. The van der Waals surface area contributed by atoms with Gasteiger partial charge in [0, 0.05) is 23.6 Å². The Morgan fingerprint density at radius 3 is 2.58 bits per heavy atom. The van der Waals surface area contributed by atoms with Gasteiger partial charge < -0.3 is 14.8 Å². The Morgan fingerprint density at radius 2 is 1.79 bits per heavy atom. The van der Waals surface area contributed by atoms with Crippen molar-refractivity contribution in [2.75, 3.05) is 18.5 Å². The number of aromatic nitrogens is 2. The lowest BCUT2D eigenvalue weighted by molar-refractivity contribution is 0.297. The molecule has 1 aliphatic rings. The van der Waals surface area contributed by atoms with Gasteiger partial charge in [-0.2, -0.15) is 0 Å². The monoisotopic (exact) mass is 343 g/mol. The van der Waals surface area contributed by atoms with Crippen molar-refractivity contribution in [1.82, 2.24) is 9.97 Å². The molecule has 5 nitrogen and oxygen atoms in total. The Labute approximate surface area is 146 Å². The van der Waals surface area contributed by atoms with Gasteiger partial charge in [-0.1, -0.05) is 12.1 Å². The minimum atomic E-state index is 0. The standard InChI is InChI=1S/C18H17N3O2.ClH/c1-12-4-2-5-13(8-12)21-18-14-9-16-17(23-7-3-6-22-16)10-15(14)19-11-20-18;/h2,4-5,8-11H,3,6-7H2,1H3,(H,19,20,21);1H. The van der Waals surface area contributed by atoms with Gasteiger partial charge in [-0.05, 0) is 30.7 Å². The molecule has 1 aromatic heterocycles. The molecule has 3 aromatic rings. The van der Waals surface area contributed by atoms with Gasteiger partial charge in [0.1, 0.15) is 12.1 Å². The molecule has 24 heavy (non-hydrogen) atoms. The van der Waals surface area contributed by atoms with Gasteiger partial charge in [-0.25, -0.2) is 9.97 Å². The Morgan fingerprint density at radius 1 is 1.00 bits per heavy atom. The van der Waals surface area contributed by atoms with Crippen LogP contribution in [0.25, 0.3) is 10.9 Å². The first-order valence-electron chi connectivity index (χ1n) is 7.68. The summed E-state index contributed by atoms with van der Waals surface area (Å²) in [5, 5.41) is 4.28. The molecular formula is C18H18ClN3O2. The van der Waals surface area contributed by atoms with Crippen LogP contribution >= 0.6 is 12.4 Å². The molecule has 4 rings (SSSR count). The van der Waals surface area contributed by atoms with Crippen molar-refractivity contribution in [3.63, 3.8) is 0 Å². The van der Waals surface area contributed by atoms with Gasteiger partial charge in [0.2, 0.25) is 0 Å². The number of hydrogen-bond donors (Lipinski definition) is 1. The lowest BCUT2D eigenvalue weighted by atomic mass is 10.2. The number of fused-ring (bicyclic) bond motifs is 2. The number of benzene rings is 2. The highest BCUT2D eigenvalue weighted by Crippen LogP contribution is 2.36. The molecular weight excluding hydrogens is 326 g/mol. The summed E-state index contributed by atoms with van der Waals surface area (Å²) < 4.78 is 11.5. The number of nitrogens with zero attached hydrogens (tertiary/aromatic N) is 2. The van der Waals surface area contributed by atoms with Gasteiger partial charge in [0.15, 0.2) is 11.5 Å². The first-order chi connectivity index (χ1) is 11.3. The number of hydrogen-bond acceptors (Lipinski definition) is 5. The van der Waals surface area contributed by atoms with Crippen molar-refractivity contribution in [2.24, 2.45) is 0 Å². The zero-order valence-electron chi connectivity index (χ0n) is 13.3. The van der Waals surface area contributed by atoms with Gasteiger partial charge in [0.05, 0.1) is 18.7 Å². The molecule has 0 saturated heterocycles. The summed E-state index contributed by atoms with van der Waals surface area (Å²) in [6.45, 7) is 3.39. The van der Waals surface area contributed by atoms with Gasteiger partial charge in [-0.15, -0.1) is 12.4 Å². The van der Waals surface area contributed by atoms with Crippen molar-refractivity contribution in [3.05, 3.63) is 48.3 Å². The maximum absolute atomic E-state index is 5.77. The zero-order valence-corrected chi connectivity index (χ0v) is 14.1. The predicted octanol–water partition coefficient (Wildman–Crippen LogP) is 4.26. The Balaban J connectivity index is 0.00000169. The summed E-state index contributed by atoms with van der Waals surface area (Å²) in [4.78, 5) is 8.74. The van der Waals surface area contributed by atoms with Crippen LogP contribution < -0.4 is 14.8 Å². The fourth-order valence-corrected chi connectivity index (χ4v) is 2.67. The zero-order chi connectivity index (χ0) is 15.6. The van der Waals surface area contributed by atoms with Crippen molar-refractivity contribution in [3.8, 4) is 11.5 Å². The number of anilines is 2. The van der Waals surface area contributed by atoms with E-state index in [4.69, 9.17) is 9.47 Å². The fraction of sp³-hybridized carbons (Fsp3) is 0.222. The van der Waals surface area contributed by atoms with E-state index in [0.717, 1.165) is 40.3 Å². The van der Waals surface area contributed by atoms with E-state index < -0.39 is 0 Å². The van der Waals surface area contributed by atoms with E-state index in [1.807, 2.05) is 24.3 Å². The number of aryl methyl sites for hydroxylation is 1. The van der Waals surface area contributed by atoms with Crippen LogP contribution in [0.3, 0.4) is 0 Å². The first-order valence-corrected chi connectivity index (χ1v) is 7.68. The van der Waals surface area contributed by atoms with Crippen molar-refractivity contribution < 1.29 is 9.47 Å². The number of rotatable bonds is 2. The lowest BCUT2D eigenvalue weighted by Crippen LogP contribution is -1.98. The van der Waals surface area contributed by atoms with Crippen LogP contribution in [0.5, 0.6) is 11.5 Å². The van der Waals surface area contributed by atoms with Crippen LogP contribution in [0, 0.1) is 6.92 Å². The second-order valence-electron chi connectivity index (χ2n) is 5.58. The van der Waals surface area contributed by atoms with Crippen molar-refractivity contribution in [1.29, 1.82) is 0 Å². The summed E-state index contributed by atoms with van der Waals surface area (Å²) in [6, 6.07) is 12.0. The second-order valence-corrected chi connectivity index (χ2v) is 5.58. The highest BCUT2D eigenvalue weighted by Gasteiger charge is 2.14. The topological polar surface area (TPSA) is 56.3 Å². The highest BCUT2D eigenvalue weighted by molar-refractivity contribution is 5.93. The Kier molecular flexibility index (Phi) is 4.71. The quantitative estimate of drug-likeness (QED) is 0.753. The fourth-order valence-electron chi connectivity index (χ4n) is 2.67. The molecule has 0 aliphatic carbocycles. The molecule has 2 aromatic carbocycles. The highest BCUT2D eigenvalue weighted by atomic mass is 35.5. The Bertz CT molecular complexity index is 870. The van der Waals surface area contributed by atoms with Gasteiger partial charge in [-0.3, -0.25) is 0 Å². The smallest absolute Gasteiger partial charge is 0.163 e. The maximum atomic E-state index is 5.77. The van der Waals surface area contributed by atoms with Crippen LogP contribution in [0.4, 0.5) is 11.5 Å². The molecule has 0 fully saturated rings. The summed E-state index contributed by atoms with van der Waals surface area (Å²) >= 11 is 0. The SMILES string of the molecule is Cc1cccc(Nc2ncnc3cc4c(cc23)OCCCO4)c1.Cl. The van der Waals surface area contributed by atoms with Crippen molar-refractivity contribution in [2.45, 2.75) is 13.3 Å². The Hall–Kier alpha value is -2.53. The third kappa shape index (κ3) is 3.21. The normalized spacial score (nSPS) is 13.0. The molecule has 0 spiro atoms. The van der Waals surface area contributed by atoms with E-state index in [-0.39, 0.29) is 12.4 Å². The largest absolute Gasteiger partial charge is 0.490 e. The third-order valence-corrected chi connectivity index (χ3v) is 3.79. The maximum Gasteiger partial charge on any atom is 0.163 e. The molecule has 1 N–H and O–H groups in total. The van der Waals surface area contributed by atoms with Crippen LogP contribution in [0.15, 0.2) is 42.7 Å². The van der Waals surface area contributed by atoms with Gasteiger partial charge in [0.25, 0.3) is 0 Å². The molecule has 0 bridgehead atoms. The van der Waals surface area contributed by atoms with E-state index in [1.165, 1.54) is 5.56 Å². The van der Waals surface area contributed by atoms with Crippen LogP contribution in [0.2, 0.25) is 0 Å². The summed E-state index contributed by atoms with van der Waals surface area (Å²) in [7, 11) is 0. The van der Waals surface area contributed by atoms with Crippen molar-refractivity contribution >= 4 is 34.8 Å². The van der Waals surface area contributed by atoms with Crippen LogP contribution in [-0.4, -0.2) is 23.2 Å². The molecule has 124 valence electrons. The number of ether oxygens (including phenoxy) is 2. The minimum absolute atomic E-state index is 0. The lowest BCUT2D eigenvalue weighted by Gasteiger charge is -2.12. The molecule has 0 amide bonds. The average Bonchev–Trinajstić information content (AvgIpc) is 2.78. The summed E-state index contributed by atoms with van der Waals surface area (Å²) in [5.74, 6) is 2.25. The number of halogens is 1. The van der Waals surface area contributed by atoms with E-state index >= 15 is 0 Å². The predicted molar refractivity (Wildman–Crippen MR) is 96.9 cm³/mol. The minimum Gasteiger partial charge on any atom is -0.490 e. The molecule has 1 aliphatic heterocycles. The molecule has 2 heterocycles. The second kappa shape index (κ2) is 6.93. The van der Waals surface area contributed by atoms with E-state index in [1.54, 1.807) is 6.33 Å². The molecule has 0 radical (unpaired) electrons. The van der Waals surface area contributed by atoms with Crippen LogP contribution in [0.1, 0.15) is 12.0 Å².